The number of ether oxygens (including phenoxy) is 2. The van der Waals surface area contributed by atoms with Crippen molar-refractivity contribution in [2.24, 2.45) is 5.92 Å². The number of nitrogens with zero attached hydrogens (tertiary/aromatic N) is 4. The van der Waals surface area contributed by atoms with Gasteiger partial charge in [0.15, 0.2) is 0 Å². The van der Waals surface area contributed by atoms with Crippen molar-refractivity contribution in [2.75, 3.05) is 26.3 Å². The molecule has 3 aromatic heterocycles. The van der Waals surface area contributed by atoms with E-state index in [-0.39, 0.29) is 17.4 Å². The van der Waals surface area contributed by atoms with Gasteiger partial charge in [0.05, 0.1) is 32.1 Å². The van der Waals surface area contributed by atoms with Gasteiger partial charge in [-0.15, -0.1) is 0 Å². The molecule has 1 amide bonds. The number of imidazole rings is 1. The van der Waals surface area contributed by atoms with Crippen molar-refractivity contribution in [1.29, 1.82) is 0 Å². The highest BCUT2D eigenvalue weighted by Gasteiger charge is 2.55. The van der Waals surface area contributed by atoms with Crippen molar-refractivity contribution in [2.45, 2.75) is 12.0 Å². The Morgan fingerprint density at radius 1 is 1.26 bits per heavy atom. The molecule has 0 N–H and O–H groups in total. The van der Waals surface area contributed by atoms with Crippen molar-refractivity contribution in [1.82, 2.24) is 19.3 Å². The minimum atomic E-state index is -0.293. The second kappa shape index (κ2) is 6.35. The first-order valence-electron chi connectivity index (χ1n) is 9.13. The molecule has 2 aliphatic rings. The summed E-state index contributed by atoms with van der Waals surface area (Å²) in [7, 11) is 0. The fourth-order valence-electron chi connectivity index (χ4n) is 4.00. The number of fused-ring (bicyclic) bond motifs is 1. The Hall–Kier alpha value is -2.93. The highest BCUT2D eigenvalue weighted by atomic mass is 16.5. The first kappa shape index (κ1) is 16.3. The minimum Gasteiger partial charge on any atom is -0.492 e. The molecule has 138 valence electrons. The van der Waals surface area contributed by atoms with Gasteiger partial charge >= 0.3 is 0 Å². The van der Waals surface area contributed by atoms with Gasteiger partial charge in [-0.3, -0.25) is 14.2 Å². The van der Waals surface area contributed by atoms with Gasteiger partial charge in [0, 0.05) is 24.9 Å². The maximum absolute atomic E-state index is 12.9. The zero-order valence-electron chi connectivity index (χ0n) is 14.8. The third-order valence-electron chi connectivity index (χ3n) is 5.53. The van der Waals surface area contributed by atoms with E-state index >= 15 is 0 Å². The molecule has 0 aliphatic carbocycles. The number of hydrogen-bond donors (Lipinski definition) is 0. The summed E-state index contributed by atoms with van der Waals surface area (Å²) in [6, 6.07) is 9.45. The summed E-state index contributed by atoms with van der Waals surface area (Å²) in [6.45, 7) is 2.46. The van der Waals surface area contributed by atoms with E-state index in [1.54, 1.807) is 18.6 Å². The summed E-state index contributed by atoms with van der Waals surface area (Å²) >= 11 is 0. The van der Waals surface area contributed by atoms with Crippen LogP contribution in [-0.4, -0.2) is 57.1 Å². The topological polar surface area (TPSA) is 69.0 Å². The van der Waals surface area contributed by atoms with E-state index in [0.29, 0.717) is 32.0 Å². The first-order chi connectivity index (χ1) is 13.3. The molecule has 5 rings (SSSR count). The van der Waals surface area contributed by atoms with Crippen molar-refractivity contribution >= 4 is 11.6 Å². The molecule has 0 unspecified atom stereocenters. The SMILES string of the molecule is O=C(c1cnc2ccccn12)N1CC2(C1)OCC[C@H]2COc1cccnc1. The highest BCUT2D eigenvalue weighted by Crippen LogP contribution is 2.40. The van der Waals surface area contributed by atoms with Gasteiger partial charge in [-0.25, -0.2) is 4.98 Å². The maximum Gasteiger partial charge on any atom is 0.272 e. The largest absolute Gasteiger partial charge is 0.492 e. The van der Waals surface area contributed by atoms with E-state index < -0.39 is 0 Å². The number of carbonyl (C=O) groups is 1. The lowest BCUT2D eigenvalue weighted by molar-refractivity contribution is -0.122. The highest BCUT2D eigenvalue weighted by molar-refractivity contribution is 5.94. The number of likely N-dealkylation sites (tertiary alicyclic amines) is 1. The van der Waals surface area contributed by atoms with Gasteiger partial charge < -0.3 is 14.4 Å². The lowest BCUT2D eigenvalue weighted by Gasteiger charge is -2.49. The molecule has 0 saturated carbocycles. The van der Waals surface area contributed by atoms with Crippen LogP contribution in [-0.2, 0) is 4.74 Å². The fourth-order valence-corrected chi connectivity index (χ4v) is 4.00. The number of rotatable bonds is 4. The van der Waals surface area contributed by atoms with Gasteiger partial charge in [-0.1, -0.05) is 6.07 Å². The quantitative estimate of drug-likeness (QED) is 0.709. The molecule has 2 saturated heterocycles. The molecule has 1 spiro atoms. The van der Waals surface area contributed by atoms with Gasteiger partial charge in [-0.2, -0.15) is 0 Å². The molecule has 2 fully saturated rings. The Balaban J connectivity index is 1.26. The molecule has 3 aromatic rings. The number of pyridine rings is 2. The van der Waals surface area contributed by atoms with E-state index in [0.717, 1.165) is 17.8 Å². The average molecular weight is 364 g/mol. The normalized spacial score (nSPS) is 20.7. The lowest BCUT2D eigenvalue weighted by atomic mass is 9.81. The molecular weight excluding hydrogens is 344 g/mol. The first-order valence-corrected chi connectivity index (χ1v) is 9.13. The van der Waals surface area contributed by atoms with E-state index in [1.807, 2.05) is 45.8 Å². The van der Waals surface area contributed by atoms with Crippen LogP contribution in [0.4, 0.5) is 0 Å². The molecule has 2 aliphatic heterocycles. The number of carbonyl (C=O) groups excluding carboxylic acids is 1. The summed E-state index contributed by atoms with van der Waals surface area (Å²) in [5.74, 6) is 1.02. The van der Waals surface area contributed by atoms with Crippen LogP contribution in [0.25, 0.3) is 5.65 Å². The van der Waals surface area contributed by atoms with E-state index in [9.17, 15) is 4.79 Å². The summed E-state index contributed by atoms with van der Waals surface area (Å²) in [5.41, 5.74) is 1.07. The number of amides is 1. The van der Waals surface area contributed by atoms with Crippen LogP contribution >= 0.6 is 0 Å². The predicted molar refractivity (Wildman–Crippen MR) is 97.6 cm³/mol. The van der Waals surface area contributed by atoms with Crippen LogP contribution in [0, 0.1) is 5.92 Å². The van der Waals surface area contributed by atoms with Crippen LogP contribution in [0.3, 0.4) is 0 Å². The van der Waals surface area contributed by atoms with Crippen molar-refractivity contribution in [3.8, 4) is 5.75 Å². The van der Waals surface area contributed by atoms with Gasteiger partial charge in [0.25, 0.3) is 5.91 Å². The minimum absolute atomic E-state index is 0.0123. The van der Waals surface area contributed by atoms with Crippen molar-refractivity contribution in [3.05, 3.63) is 60.8 Å². The number of hydrogen-bond acceptors (Lipinski definition) is 5. The zero-order chi connectivity index (χ0) is 18.3. The van der Waals surface area contributed by atoms with Crippen LogP contribution < -0.4 is 4.74 Å². The van der Waals surface area contributed by atoms with Crippen LogP contribution in [0.2, 0.25) is 0 Å². The van der Waals surface area contributed by atoms with E-state index in [2.05, 4.69) is 9.97 Å². The molecule has 0 bridgehead atoms. The summed E-state index contributed by atoms with van der Waals surface area (Å²) in [6.07, 6.45) is 7.88. The second-order valence-electron chi connectivity index (χ2n) is 7.13. The smallest absolute Gasteiger partial charge is 0.272 e. The molecular formula is C20H20N4O3. The maximum atomic E-state index is 12.9. The second-order valence-corrected chi connectivity index (χ2v) is 7.13. The Bertz CT molecular complexity index is 966. The zero-order valence-corrected chi connectivity index (χ0v) is 14.8. The Morgan fingerprint density at radius 2 is 2.19 bits per heavy atom. The third kappa shape index (κ3) is 2.75. The molecule has 5 heterocycles. The van der Waals surface area contributed by atoms with E-state index in [1.165, 1.54) is 0 Å². The summed E-state index contributed by atoms with van der Waals surface area (Å²) in [4.78, 5) is 23.1. The summed E-state index contributed by atoms with van der Waals surface area (Å²) in [5, 5.41) is 0. The van der Waals surface area contributed by atoms with Crippen molar-refractivity contribution < 1.29 is 14.3 Å². The van der Waals surface area contributed by atoms with Gasteiger partial charge in [0.2, 0.25) is 0 Å². The Kier molecular flexibility index (Phi) is 3.82. The predicted octanol–water partition coefficient (Wildman–Crippen LogP) is 2.04. The van der Waals surface area contributed by atoms with Crippen LogP contribution in [0.15, 0.2) is 55.1 Å². The van der Waals surface area contributed by atoms with Gasteiger partial charge in [0.1, 0.15) is 22.7 Å². The summed E-state index contributed by atoms with van der Waals surface area (Å²) < 4.78 is 13.8. The van der Waals surface area contributed by atoms with E-state index in [4.69, 9.17) is 9.47 Å². The molecule has 7 nitrogen and oxygen atoms in total. The lowest BCUT2D eigenvalue weighted by Crippen LogP contribution is -2.66. The standard InChI is InChI=1S/C20H20N4O3/c25-19(17-11-22-18-5-1-2-8-24(17)18)23-13-20(14-23)15(6-9-27-20)12-26-16-4-3-7-21-10-16/h1-5,7-8,10-11,15H,6,9,12-14H2/t15-/m0/s1. The molecule has 0 radical (unpaired) electrons. The fraction of sp³-hybridized carbons (Fsp3) is 0.350. The molecule has 0 aromatic carbocycles. The molecule has 7 heteroatoms. The van der Waals surface area contributed by atoms with Gasteiger partial charge in [-0.05, 0) is 30.7 Å². The van der Waals surface area contributed by atoms with Crippen LogP contribution in [0.5, 0.6) is 5.75 Å². The molecule has 1 atom stereocenters. The number of aromatic nitrogens is 3. The van der Waals surface area contributed by atoms with Crippen molar-refractivity contribution in [3.63, 3.8) is 0 Å². The Labute approximate surface area is 156 Å². The monoisotopic (exact) mass is 364 g/mol. The Morgan fingerprint density at radius 3 is 3.04 bits per heavy atom. The van der Waals surface area contributed by atoms with Crippen LogP contribution in [0.1, 0.15) is 16.9 Å². The average Bonchev–Trinajstić information content (AvgIpc) is 3.30. The molecule has 27 heavy (non-hydrogen) atoms. The third-order valence-corrected chi connectivity index (χ3v) is 5.53.